The van der Waals surface area contributed by atoms with Crippen LogP contribution in [0, 0.1) is 17.3 Å². The number of esters is 1. The Balaban J connectivity index is 1.61. The van der Waals surface area contributed by atoms with Crippen molar-refractivity contribution in [2.24, 2.45) is 17.3 Å². The largest absolute Gasteiger partial charge is 0.461 e. The van der Waals surface area contributed by atoms with Gasteiger partial charge < -0.3 is 20.3 Å². The van der Waals surface area contributed by atoms with Gasteiger partial charge in [0.05, 0.1) is 17.0 Å². The number of hydrogen-bond donors (Lipinski definition) is 2. The van der Waals surface area contributed by atoms with Crippen LogP contribution >= 0.6 is 34.8 Å². The first-order valence-corrected chi connectivity index (χ1v) is 16.4. The van der Waals surface area contributed by atoms with Crippen LogP contribution in [0.2, 0.25) is 0 Å². The predicted octanol–water partition coefficient (Wildman–Crippen LogP) is 5.63. The second-order valence-electron chi connectivity index (χ2n) is 12.5. The molecule has 3 rings (SSSR count). The number of nitrogens with zero attached hydrogens (tertiary/aromatic N) is 2. The van der Waals surface area contributed by atoms with E-state index in [0.29, 0.717) is 19.4 Å². The molecule has 0 aliphatic carbocycles. The Morgan fingerprint density at radius 3 is 2.44 bits per heavy atom. The molecular weight excluding hydrogens is 639 g/mol. The molecule has 0 spiro atoms. The third-order valence-electron chi connectivity index (χ3n) is 7.88. The van der Waals surface area contributed by atoms with Gasteiger partial charge in [0.25, 0.3) is 0 Å². The molecule has 0 radical (unpaired) electrons. The summed E-state index contributed by atoms with van der Waals surface area (Å²) in [6.07, 6.45) is 7.44. The summed E-state index contributed by atoms with van der Waals surface area (Å²) in [5.41, 5.74) is 1.00. The van der Waals surface area contributed by atoms with Crippen molar-refractivity contribution in [1.82, 2.24) is 20.5 Å². The number of rotatable bonds is 11. The van der Waals surface area contributed by atoms with Crippen LogP contribution in [-0.4, -0.2) is 69.1 Å². The number of pyridine rings is 1. The Bertz CT molecular complexity index is 1420. The lowest BCUT2D eigenvalue weighted by Crippen LogP contribution is -2.57. The number of piperidine rings is 1. The van der Waals surface area contributed by atoms with E-state index in [9.17, 15) is 19.2 Å². The van der Waals surface area contributed by atoms with Crippen molar-refractivity contribution in [3.63, 3.8) is 0 Å². The molecule has 1 aliphatic rings. The average Bonchev–Trinajstić information content (AvgIpc) is 2.99. The van der Waals surface area contributed by atoms with Crippen LogP contribution in [0.5, 0.6) is 0 Å². The third kappa shape index (κ3) is 10.6. The molecule has 3 unspecified atom stereocenters. The third-order valence-corrected chi connectivity index (χ3v) is 8.21. The fourth-order valence-electron chi connectivity index (χ4n) is 5.03. The van der Waals surface area contributed by atoms with Gasteiger partial charge in [0.2, 0.25) is 21.5 Å². The number of ether oxygens (including phenoxy) is 1. The molecule has 2 aromatic rings. The molecule has 3 amide bonds. The standard InChI is InChI=1S/C33H43Cl3N4O5/c1-7-22-10-11-23-17-37-26(16-25(23)15-22)12-13-32(5,6)31(44)39-27(20(2)3)28(41)38-21(4)29(42)40-14-8-9-24(18-40)30(43)45-19-33(34,35)36/h10-13,15-17,20-21,24,27H,7-9,14,18-19H2,1-6H3,(H,38,41)(H,39,44)/b13-12+. The minimum atomic E-state index is -1.72. The molecule has 2 heterocycles. The fourth-order valence-corrected chi connectivity index (χ4v) is 5.19. The first kappa shape index (κ1) is 36.6. The van der Waals surface area contributed by atoms with Crippen LogP contribution in [0.1, 0.15) is 65.6 Å². The minimum absolute atomic E-state index is 0.133. The number of alkyl halides is 3. The van der Waals surface area contributed by atoms with Gasteiger partial charge in [-0.05, 0) is 69.0 Å². The summed E-state index contributed by atoms with van der Waals surface area (Å²) in [5, 5.41) is 7.73. The van der Waals surface area contributed by atoms with Crippen LogP contribution < -0.4 is 10.6 Å². The molecule has 2 N–H and O–H groups in total. The highest BCUT2D eigenvalue weighted by molar-refractivity contribution is 6.67. The zero-order valence-corrected chi connectivity index (χ0v) is 28.9. The number of amides is 3. The normalized spacial score (nSPS) is 17.3. The van der Waals surface area contributed by atoms with Gasteiger partial charge in [-0.25, -0.2) is 0 Å². The lowest BCUT2D eigenvalue weighted by molar-refractivity contribution is -0.152. The number of aryl methyl sites for hydroxylation is 1. The van der Waals surface area contributed by atoms with Crippen LogP contribution in [-0.2, 0) is 30.3 Å². The van der Waals surface area contributed by atoms with Crippen LogP contribution in [0.3, 0.4) is 0 Å². The van der Waals surface area contributed by atoms with Crippen LogP contribution in [0.4, 0.5) is 0 Å². The van der Waals surface area contributed by atoms with Crippen molar-refractivity contribution >= 4 is 75.3 Å². The molecule has 0 saturated carbocycles. The number of aromatic nitrogens is 1. The Kier molecular flexibility index (Phi) is 12.7. The number of fused-ring (bicyclic) bond motifs is 1. The van der Waals surface area contributed by atoms with Crippen LogP contribution in [0.15, 0.2) is 36.5 Å². The van der Waals surface area contributed by atoms with Gasteiger partial charge in [-0.2, -0.15) is 0 Å². The zero-order chi connectivity index (χ0) is 33.5. The Morgan fingerprint density at radius 2 is 1.80 bits per heavy atom. The highest BCUT2D eigenvalue weighted by Gasteiger charge is 2.35. The second kappa shape index (κ2) is 15.6. The second-order valence-corrected chi connectivity index (χ2v) is 15.0. The lowest BCUT2D eigenvalue weighted by Gasteiger charge is -2.34. The predicted molar refractivity (Wildman–Crippen MR) is 179 cm³/mol. The quantitative estimate of drug-likeness (QED) is 0.235. The minimum Gasteiger partial charge on any atom is -0.461 e. The van der Waals surface area contributed by atoms with E-state index in [1.807, 2.05) is 38.3 Å². The van der Waals surface area contributed by atoms with E-state index in [2.05, 4.69) is 34.7 Å². The maximum Gasteiger partial charge on any atom is 0.310 e. The SMILES string of the molecule is CCc1ccc2cnc(/C=C/C(C)(C)C(=O)NC(C(=O)NC(C)C(=O)N3CCCC(C(=O)OCC(Cl)(Cl)Cl)C3)C(C)C)cc2c1. The molecule has 0 bridgehead atoms. The monoisotopic (exact) mass is 680 g/mol. The number of nitrogens with one attached hydrogen (secondary N) is 2. The number of likely N-dealkylation sites (tertiary alicyclic amines) is 1. The van der Waals surface area contributed by atoms with E-state index in [4.69, 9.17) is 39.5 Å². The molecule has 1 fully saturated rings. The van der Waals surface area contributed by atoms with E-state index >= 15 is 0 Å². The Hall–Kier alpha value is -2.88. The molecule has 45 heavy (non-hydrogen) atoms. The number of carbonyl (C=O) groups excluding carboxylic acids is 4. The van der Waals surface area contributed by atoms with Gasteiger partial charge >= 0.3 is 5.97 Å². The van der Waals surface area contributed by atoms with Crippen molar-refractivity contribution in [1.29, 1.82) is 0 Å². The highest BCUT2D eigenvalue weighted by Crippen LogP contribution is 2.27. The average molecular weight is 682 g/mol. The molecular formula is C33H43Cl3N4O5. The summed E-state index contributed by atoms with van der Waals surface area (Å²) < 4.78 is 3.38. The number of halogens is 3. The first-order chi connectivity index (χ1) is 21.0. The van der Waals surface area contributed by atoms with Gasteiger partial charge in [-0.1, -0.05) is 79.8 Å². The fraction of sp³-hybridized carbons (Fsp3) is 0.545. The van der Waals surface area contributed by atoms with E-state index in [0.717, 1.165) is 22.9 Å². The first-order valence-electron chi connectivity index (χ1n) is 15.2. The van der Waals surface area contributed by atoms with Crippen LogP contribution in [0.25, 0.3) is 16.8 Å². The summed E-state index contributed by atoms with van der Waals surface area (Å²) in [6.45, 7) is 11.0. The summed E-state index contributed by atoms with van der Waals surface area (Å²) in [7, 11) is 0. The van der Waals surface area contributed by atoms with Gasteiger partial charge in [-0.3, -0.25) is 24.2 Å². The summed E-state index contributed by atoms with van der Waals surface area (Å²) in [5.74, 6) is -2.51. The molecule has 1 aromatic carbocycles. The maximum atomic E-state index is 13.4. The zero-order valence-electron chi connectivity index (χ0n) is 26.7. The summed E-state index contributed by atoms with van der Waals surface area (Å²) >= 11 is 17.0. The molecule has 12 heteroatoms. The Labute approximate surface area is 280 Å². The number of benzene rings is 1. The molecule has 1 saturated heterocycles. The highest BCUT2D eigenvalue weighted by atomic mass is 35.6. The van der Waals surface area contributed by atoms with Crippen molar-refractivity contribution in [2.75, 3.05) is 19.7 Å². The van der Waals surface area contributed by atoms with Crippen molar-refractivity contribution in [2.45, 2.75) is 76.7 Å². The van der Waals surface area contributed by atoms with Crippen molar-refractivity contribution < 1.29 is 23.9 Å². The van der Waals surface area contributed by atoms with Gasteiger partial charge in [-0.15, -0.1) is 0 Å². The van der Waals surface area contributed by atoms with Crippen molar-refractivity contribution in [3.05, 3.63) is 47.8 Å². The Morgan fingerprint density at radius 1 is 1.09 bits per heavy atom. The summed E-state index contributed by atoms with van der Waals surface area (Å²) in [6, 6.07) is 6.50. The summed E-state index contributed by atoms with van der Waals surface area (Å²) in [4.78, 5) is 58.4. The molecule has 1 aliphatic heterocycles. The van der Waals surface area contributed by atoms with Gasteiger partial charge in [0.15, 0.2) is 0 Å². The topological polar surface area (TPSA) is 118 Å². The van der Waals surface area contributed by atoms with Gasteiger partial charge in [0, 0.05) is 24.7 Å². The van der Waals surface area contributed by atoms with E-state index in [-0.39, 0.29) is 30.9 Å². The number of carbonyl (C=O) groups is 4. The molecule has 1 aromatic heterocycles. The molecule has 246 valence electrons. The smallest absolute Gasteiger partial charge is 0.310 e. The molecule has 3 atom stereocenters. The van der Waals surface area contributed by atoms with Gasteiger partial charge in [0.1, 0.15) is 18.7 Å². The van der Waals surface area contributed by atoms with Crippen molar-refractivity contribution in [3.8, 4) is 0 Å². The maximum absolute atomic E-state index is 13.4. The van der Waals surface area contributed by atoms with E-state index in [1.54, 1.807) is 26.8 Å². The molecule has 9 nitrogen and oxygen atoms in total. The van der Waals surface area contributed by atoms with E-state index in [1.165, 1.54) is 10.5 Å². The number of hydrogen-bond acceptors (Lipinski definition) is 6. The lowest BCUT2D eigenvalue weighted by atomic mass is 9.90. The van der Waals surface area contributed by atoms with E-state index < -0.39 is 39.1 Å².